The van der Waals surface area contributed by atoms with Crippen molar-refractivity contribution in [2.75, 3.05) is 26.2 Å². The lowest BCUT2D eigenvalue weighted by Gasteiger charge is -2.35. The molecule has 0 radical (unpaired) electrons. The number of halogens is 2. The van der Waals surface area contributed by atoms with Gasteiger partial charge in [-0.2, -0.15) is 11.3 Å². The van der Waals surface area contributed by atoms with Crippen LogP contribution in [0.25, 0.3) is 0 Å². The Morgan fingerprint density at radius 3 is 2.35 bits per heavy atom. The Balaban J connectivity index is 2.00. The van der Waals surface area contributed by atoms with E-state index in [9.17, 15) is 8.78 Å². The predicted molar refractivity (Wildman–Crippen MR) is 77.0 cm³/mol. The maximum Gasteiger partial charge on any atom is 0.126 e. The second-order valence-corrected chi connectivity index (χ2v) is 5.73. The summed E-state index contributed by atoms with van der Waals surface area (Å²) in [6.45, 7) is 3.55. The van der Waals surface area contributed by atoms with Crippen molar-refractivity contribution >= 4 is 11.3 Å². The lowest BCUT2D eigenvalue weighted by molar-refractivity contribution is 0.198. The van der Waals surface area contributed by atoms with E-state index in [2.05, 4.69) is 15.6 Å². The third kappa shape index (κ3) is 2.90. The third-order valence-electron chi connectivity index (χ3n) is 3.58. The topological polar surface area (TPSA) is 15.3 Å². The van der Waals surface area contributed by atoms with Crippen molar-refractivity contribution in [1.29, 1.82) is 0 Å². The summed E-state index contributed by atoms with van der Waals surface area (Å²) in [6, 6.07) is 5.75. The summed E-state index contributed by atoms with van der Waals surface area (Å²) in [4.78, 5) is 2.27. The molecule has 1 aliphatic rings. The van der Waals surface area contributed by atoms with Gasteiger partial charge >= 0.3 is 0 Å². The molecule has 1 aromatic carbocycles. The zero-order valence-corrected chi connectivity index (χ0v) is 11.8. The third-order valence-corrected chi connectivity index (χ3v) is 4.28. The van der Waals surface area contributed by atoms with Gasteiger partial charge in [0.15, 0.2) is 0 Å². The van der Waals surface area contributed by atoms with Crippen LogP contribution in [0, 0.1) is 11.6 Å². The van der Waals surface area contributed by atoms with Crippen LogP contribution in [-0.4, -0.2) is 31.1 Å². The van der Waals surface area contributed by atoms with Gasteiger partial charge in [-0.05, 0) is 40.1 Å². The molecule has 0 aliphatic carbocycles. The smallest absolute Gasteiger partial charge is 0.126 e. The minimum absolute atomic E-state index is 0.0754. The second kappa shape index (κ2) is 5.99. The van der Waals surface area contributed by atoms with E-state index in [0.29, 0.717) is 5.56 Å². The molecular formula is C15H16F2N2S. The van der Waals surface area contributed by atoms with Gasteiger partial charge in [0.2, 0.25) is 0 Å². The summed E-state index contributed by atoms with van der Waals surface area (Å²) in [5, 5.41) is 7.35. The zero-order valence-electron chi connectivity index (χ0n) is 11.0. The molecule has 1 atom stereocenters. The Hall–Kier alpha value is -1.30. The number of hydrogen-bond acceptors (Lipinski definition) is 3. The average Bonchev–Trinajstić information content (AvgIpc) is 2.93. The van der Waals surface area contributed by atoms with E-state index in [1.807, 2.05) is 11.4 Å². The maximum absolute atomic E-state index is 13.5. The van der Waals surface area contributed by atoms with Crippen LogP contribution >= 0.6 is 11.3 Å². The minimum Gasteiger partial charge on any atom is -0.314 e. The molecule has 1 N–H and O–H groups in total. The number of benzene rings is 1. The van der Waals surface area contributed by atoms with Crippen molar-refractivity contribution < 1.29 is 8.78 Å². The number of nitrogens with zero attached hydrogens (tertiary/aromatic N) is 1. The van der Waals surface area contributed by atoms with Crippen LogP contribution in [0.3, 0.4) is 0 Å². The van der Waals surface area contributed by atoms with E-state index in [1.165, 1.54) is 12.1 Å². The van der Waals surface area contributed by atoms with Crippen LogP contribution in [0.1, 0.15) is 17.2 Å². The lowest BCUT2D eigenvalue weighted by Crippen LogP contribution is -2.45. The summed E-state index contributed by atoms with van der Waals surface area (Å²) >= 11 is 1.61. The zero-order chi connectivity index (χ0) is 13.9. The van der Waals surface area contributed by atoms with Gasteiger partial charge < -0.3 is 5.32 Å². The lowest BCUT2D eigenvalue weighted by atomic mass is 9.98. The fourth-order valence-electron chi connectivity index (χ4n) is 2.72. The molecule has 2 aromatic rings. The van der Waals surface area contributed by atoms with Crippen LogP contribution < -0.4 is 5.32 Å². The quantitative estimate of drug-likeness (QED) is 0.936. The van der Waals surface area contributed by atoms with E-state index >= 15 is 0 Å². The standard InChI is InChI=1S/C15H16F2N2S/c16-13-7-12(8-14(17)9-13)15(11-1-6-20-10-11)19-4-2-18-3-5-19/h1,6-10,15,18H,2-5H2/t15-/m0/s1. The fourth-order valence-corrected chi connectivity index (χ4v) is 3.40. The van der Waals surface area contributed by atoms with Crippen molar-refractivity contribution in [2.45, 2.75) is 6.04 Å². The molecule has 0 saturated carbocycles. The summed E-state index contributed by atoms with van der Waals surface area (Å²) in [5.74, 6) is -1.04. The Morgan fingerprint density at radius 2 is 1.75 bits per heavy atom. The van der Waals surface area contributed by atoms with E-state index in [-0.39, 0.29) is 6.04 Å². The summed E-state index contributed by atoms with van der Waals surface area (Å²) < 4.78 is 27.1. The number of thiophene rings is 1. The van der Waals surface area contributed by atoms with E-state index in [0.717, 1.165) is 37.8 Å². The predicted octanol–water partition coefficient (Wildman–Crippen LogP) is 3.02. The Kier molecular flexibility index (Phi) is 4.10. The van der Waals surface area contributed by atoms with Crippen LogP contribution in [0.4, 0.5) is 8.78 Å². The van der Waals surface area contributed by atoms with Crippen molar-refractivity contribution in [2.24, 2.45) is 0 Å². The average molecular weight is 294 g/mol. The number of piperazine rings is 1. The fraction of sp³-hybridized carbons (Fsp3) is 0.333. The molecule has 2 heterocycles. The van der Waals surface area contributed by atoms with Gasteiger partial charge in [0.25, 0.3) is 0 Å². The molecule has 1 saturated heterocycles. The van der Waals surface area contributed by atoms with Crippen LogP contribution in [0.5, 0.6) is 0 Å². The van der Waals surface area contributed by atoms with Gasteiger partial charge in [0, 0.05) is 32.2 Å². The molecule has 0 amide bonds. The molecular weight excluding hydrogens is 278 g/mol. The number of hydrogen-bond donors (Lipinski definition) is 1. The molecule has 2 nitrogen and oxygen atoms in total. The molecule has 0 bridgehead atoms. The molecule has 106 valence electrons. The van der Waals surface area contributed by atoms with Gasteiger partial charge in [-0.15, -0.1) is 0 Å². The Labute approximate surface area is 121 Å². The monoisotopic (exact) mass is 294 g/mol. The molecule has 1 fully saturated rings. The van der Waals surface area contributed by atoms with Crippen molar-refractivity contribution in [1.82, 2.24) is 10.2 Å². The first-order valence-electron chi connectivity index (χ1n) is 6.67. The van der Waals surface area contributed by atoms with Gasteiger partial charge in [0.1, 0.15) is 11.6 Å². The highest BCUT2D eigenvalue weighted by Gasteiger charge is 2.25. The van der Waals surface area contributed by atoms with Gasteiger partial charge in [-0.25, -0.2) is 8.78 Å². The van der Waals surface area contributed by atoms with Gasteiger partial charge in [-0.3, -0.25) is 4.90 Å². The highest BCUT2D eigenvalue weighted by molar-refractivity contribution is 7.08. The first kappa shape index (κ1) is 13.7. The summed E-state index contributed by atoms with van der Waals surface area (Å²) in [7, 11) is 0. The second-order valence-electron chi connectivity index (χ2n) is 4.95. The van der Waals surface area contributed by atoms with Crippen molar-refractivity contribution in [3.05, 3.63) is 57.8 Å². The summed E-state index contributed by atoms with van der Waals surface area (Å²) in [6.07, 6.45) is 0. The first-order valence-corrected chi connectivity index (χ1v) is 7.61. The van der Waals surface area contributed by atoms with E-state index in [4.69, 9.17) is 0 Å². The van der Waals surface area contributed by atoms with Gasteiger partial charge in [0.05, 0.1) is 6.04 Å². The molecule has 0 spiro atoms. The van der Waals surface area contributed by atoms with Crippen molar-refractivity contribution in [3.63, 3.8) is 0 Å². The highest BCUT2D eigenvalue weighted by atomic mass is 32.1. The van der Waals surface area contributed by atoms with E-state index < -0.39 is 11.6 Å². The van der Waals surface area contributed by atoms with Crippen LogP contribution in [-0.2, 0) is 0 Å². The van der Waals surface area contributed by atoms with Crippen molar-refractivity contribution in [3.8, 4) is 0 Å². The Morgan fingerprint density at radius 1 is 1.05 bits per heavy atom. The number of rotatable bonds is 3. The van der Waals surface area contributed by atoms with E-state index in [1.54, 1.807) is 11.3 Å². The first-order chi connectivity index (χ1) is 9.74. The molecule has 5 heteroatoms. The largest absolute Gasteiger partial charge is 0.314 e. The molecule has 0 unspecified atom stereocenters. The van der Waals surface area contributed by atoms with Gasteiger partial charge in [-0.1, -0.05) is 0 Å². The molecule has 3 rings (SSSR count). The normalized spacial score (nSPS) is 18.1. The molecule has 1 aliphatic heterocycles. The number of nitrogens with one attached hydrogen (secondary N) is 1. The Bertz CT molecular complexity index is 545. The SMILES string of the molecule is Fc1cc(F)cc([C@H](c2ccsc2)N2CCNCC2)c1. The van der Waals surface area contributed by atoms with Crippen LogP contribution in [0.2, 0.25) is 0 Å². The molecule has 1 aromatic heterocycles. The van der Waals surface area contributed by atoms with Crippen LogP contribution in [0.15, 0.2) is 35.0 Å². The highest BCUT2D eigenvalue weighted by Crippen LogP contribution is 2.31. The minimum atomic E-state index is -0.518. The molecule has 20 heavy (non-hydrogen) atoms. The summed E-state index contributed by atoms with van der Waals surface area (Å²) in [5.41, 5.74) is 1.78. The maximum atomic E-state index is 13.5.